The molecule has 0 aliphatic rings. The van der Waals surface area contributed by atoms with Gasteiger partial charge in [-0.3, -0.25) is 4.72 Å². The maximum absolute atomic E-state index is 12.9. The quantitative estimate of drug-likeness (QED) is 0.404. The van der Waals surface area contributed by atoms with Crippen LogP contribution in [0.4, 0.5) is 30.4 Å². The number of anilines is 3. The predicted octanol–water partition coefficient (Wildman–Crippen LogP) is 5.56. The van der Waals surface area contributed by atoms with Crippen molar-refractivity contribution < 1.29 is 21.6 Å². The number of aromatic nitrogens is 2. The molecule has 6 nitrogen and oxygen atoms in total. The zero-order valence-electron chi connectivity index (χ0n) is 15.9. The Hall–Kier alpha value is -3.18. The molecule has 2 aromatic carbocycles. The number of sulfonamides is 1. The van der Waals surface area contributed by atoms with Crippen LogP contribution in [0.5, 0.6) is 0 Å². The number of hydrogen-bond acceptors (Lipinski definition) is 6. The molecule has 11 heteroatoms. The summed E-state index contributed by atoms with van der Waals surface area (Å²) in [5, 5.41) is 5.74. The second kappa shape index (κ2) is 7.82. The Bertz CT molecular complexity index is 1370. The molecule has 0 amide bonds. The molecule has 4 aromatic rings. The number of nitrogens with one attached hydrogen (secondary N) is 2. The molecule has 0 radical (unpaired) electrons. The lowest BCUT2D eigenvalue weighted by molar-refractivity contribution is -0.137. The second-order valence-electron chi connectivity index (χ2n) is 6.65. The van der Waals surface area contributed by atoms with Crippen molar-refractivity contribution in [2.75, 3.05) is 10.0 Å². The van der Waals surface area contributed by atoms with Gasteiger partial charge in [0.1, 0.15) is 17.0 Å². The molecule has 160 valence electrons. The molecule has 0 spiro atoms. The molecule has 31 heavy (non-hydrogen) atoms. The molecule has 0 fully saturated rings. The second-order valence-corrected chi connectivity index (χ2v) is 9.20. The van der Waals surface area contributed by atoms with Gasteiger partial charge in [0.2, 0.25) is 0 Å². The third-order valence-electron chi connectivity index (χ3n) is 4.44. The van der Waals surface area contributed by atoms with E-state index in [9.17, 15) is 21.6 Å². The summed E-state index contributed by atoms with van der Waals surface area (Å²) in [4.78, 5) is 9.09. The summed E-state index contributed by atoms with van der Waals surface area (Å²) in [6.07, 6.45) is -3.17. The molecule has 0 saturated heterocycles. The van der Waals surface area contributed by atoms with Gasteiger partial charge in [0.05, 0.1) is 15.8 Å². The van der Waals surface area contributed by atoms with Crippen molar-refractivity contribution in [2.24, 2.45) is 0 Å². The number of rotatable bonds is 5. The normalized spacial score (nSPS) is 12.1. The van der Waals surface area contributed by atoms with Gasteiger partial charge in [-0.15, -0.1) is 11.3 Å². The lowest BCUT2D eigenvalue weighted by Crippen LogP contribution is -2.15. The summed E-state index contributed by atoms with van der Waals surface area (Å²) in [5.41, 5.74) is -0.221. The topological polar surface area (TPSA) is 84.0 Å². The number of hydrogen-bond donors (Lipinski definition) is 2. The first-order chi connectivity index (χ1) is 14.6. The lowest BCUT2D eigenvalue weighted by Gasteiger charge is -2.14. The molecule has 0 aliphatic heterocycles. The average molecular weight is 464 g/mol. The van der Waals surface area contributed by atoms with E-state index in [1.54, 1.807) is 19.1 Å². The molecule has 0 unspecified atom stereocenters. The van der Waals surface area contributed by atoms with E-state index in [0.29, 0.717) is 17.1 Å². The van der Waals surface area contributed by atoms with Crippen molar-refractivity contribution in [3.8, 4) is 0 Å². The molecule has 0 bridgehead atoms. The van der Waals surface area contributed by atoms with Crippen LogP contribution in [-0.4, -0.2) is 18.4 Å². The van der Waals surface area contributed by atoms with E-state index in [4.69, 9.17) is 0 Å². The fourth-order valence-corrected chi connectivity index (χ4v) is 5.02. The number of benzene rings is 2. The summed E-state index contributed by atoms with van der Waals surface area (Å²) in [7, 11) is -4.14. The van der Waals surface area contributed by atoms with Crippen molar-refractivity contribution in [3.05, 3.63) is 71.4 Å². The summed E-state index contributed by atoms with van der Waals surface area (Å²) in [6, 6.07) is 10.6. The summed E-state index contributed by atoms with van der Waals surface area (Å²) in [6.45, 7) is 1.60. The van der Waals surface area contributed by atoms with Crippen LogP contribution in [0.3, 0.4) is 0 Å². The molecule has 2 N–H and O–H groups in total. The molecule has 2 heterocycles. The number of halogens is 3. The smallest absolute Gasteiger partial charge is 0.340 e. The van der Waals surface area contributed by atoms with Crippen molar-refractivity contribution in [1.29, 1.82) is 0 Å². The van der Waals surface area contributed by atoms with Crippen molar-refractivity contribution in [1.82, 2.24) is 9.97 Å². The van der Waals surface area contributed by atoms with Gasteiger partial charge in [0, 0.05) is 11.4 Å². The fourth-order valence-electron chi connectivity index (χ4n) is 2.96. The fraction of sp³-hybridized carbons (Fsp3) is 0.100. The maximum atomic E-state index is 12.9. The monoisotopic (exact) mass is 464 g/mol. The molecule has 0 saturated carbocycles. The van der Waals surface area contributed by atoms with Gasteiger partial charge in [-0.2, -0.15) is 13.2 Å². The molecule has 0 atom stereocenters. The number of aryl methyl sites for hydroxylation is 1. The third-order valence-corrected chi connectivity index (χ3v) is 6.79. The SMILES string of the molecule is Cc1ccc(Nc2ncnc3sccc23)cc1S(=O)(=O)Nc1cccc(C(F)(F)F)c1. The Kier molecular flexibility index (Phi) is 5.31. The van der Waals surface area contributed by atoms with E-state index >= 15 is 0 Å². The molecule has 2 aromatic heterocycles. The average Bonchev–Trinajstić information content (AvgIpc) is 3.18. The van der Waals surface area contributed by atoms with E-state index < -0.39 is 21.8 Å². The predicted molar refractivity (Wildman–Crippen MR) is 114 cm³/mol. The Morgan fingerprint density at radius 1 is 1.00 bits per heavy atom. The number of alkyl halides is 3. The van der Waals surface area contributed by atoms with Crippen LogP contribution in [-0.2, 0) is 16.2 Å². The van der Waals surface area contributed by atoms with Gasteiger partial charge in [-0.05, 0) is 54.3 Å². The van der Waals surface area contributed by atoms with E-state index in [-0.39, 0.29) is 10.6 Å². The highest BCUT2D eigenvalue weighted by Crippen LogP contribution is 2.32. The van der Waals surface area contributed by atoms with Crippen LogP contribution in [0.2, 0.25) is 0 Å². The zero-order chi connectivity index (χ0) is 22.2. The van der Waals surface area contributed by atoms with E-state index in [1.807, 2.05) is 11.4 Å². The Labute approximate surface area is 179 Å². The van der Waals surface area contributed by atoms with Gasteiger partial charge < -0.3 is 5.32 Å². The molecule has 0 aliphatic carbocycles. The third kappa shape index (κ3) is 4.47. The largest absolute Gasteiger partial charge is 0.416 e. The first-order valence-electron chi connectivity index (χ1n) is 8.89. The van der Waals surface area contributed by atoms with E-state index in [2.05, 4.69) is 20.0 Å². The van der Waals surface area contributed by atoms with Crippen molar-refractivity contribution in [3.63, 3.8) is 0 Å². The van der Waals surface area contributed by atoms with Gasteiger partial charge in [-0.25, -0.2) is 18.4 Å². The van der Waals surface area contributed by atoms with Crippen molar-refractivity contribution in [2.45, 2.75) is 18.0 Å². The summed E-state index contributed by atoms with van der Waals surface area (Å²) >= 11 is 1.45. The van der Waals surface area contributed by atoms with Gasteiger partial charge in [0.25, 0.3) is 10.0 Å². The first-order valence-corrected chi connectivity index (χ1v) is 11.3. The van der Waals surface area contributed by atoms with Crippen LogP contribution in [0.1, 0.15) is 11.1 Å². The van der Waals surface area contributed by atoms with Crippen molar-refractivity contribution >= 4 is 48.8 Å². The Morgan fingerprint density at radius 3 is 2.58 bits per heavy atom. The van der Waals surface area contributed by atoms with Gasteiger partial charge in [-0.1, -0.05) is 12.1 Å². The highest BCUT2D eigenvalue weighted by atomic mass is 32.2. The lowest BCUT2D eigenvalue weighted by atomic mass is 10.2. The Balaban J connectivity index is 1.65. The minimum absolute atomic E-state index is 0.0643. The number of nitrogens with zero attached hydrogens (tertiary/aromatic N) is 2. The standard InChI is InChI=1S/C20H15F3N4O2S2/c1-12-5-6-14(26-18-16-7-8-30-19(16)25-11-24-18)10-17(12)31(28,29)27-15-4-2-3-13(9-15)20(21,22)23/h2-11,27H,1H3,(H,24,25,26). The summed E-state index contributed by atoms with van der Waals surface area (Å²) in [5.74, 6) is 0.518. The van der Waals surface area contributed by atoms with Crippen LogP contribution in [0.15, 0.2) is 65.1 Å². The maximum Gasteiger partial charge on any atom is 0.416 e. The molecule has 4 rings (SSSR count). The highest BCUT2D eigenvalue weighted by molar-refractivity contribution is 7.92. The van der Waals surface area contributed by atoms with Crippen LogP contribution < -0.4 is 10.0 Å². The number of fused-ring (bicyclic) bond motifs is 1. The molecular weight excluding hydrogens is 449 g/mol. The van der Waals surface area contributed by atoms with Gasteiger partial charge in [0.15, 0.2) is 0 Å². The van der Waals surface area contributed by atoms with Gasteiger partial charge >= 0.3 is 6.18 Å². The molecular formula is C20H15F3N4O2S2. The number of thiophene rings is 1. The van der Waals surface area contributed by atoms with Crippen LogP contribution in [0.25, 0.3) is 10.2 Å². The zero-order valence-corrected chi connectivity index (χ0v) is 17.6. The summed E-state index contributed by atoms with van der Waals surface area (Å²) < 4.78 is 66.9. The van der Waals surface area contributed by atoms with Crippen LogP contribution in [0, 0.1) is 6.92 Å². The first kappa shape index (κ1) is 21.1. The van der Waals surface area contributed by atoms with E-state index in [0.717, 1.165) is 28.4 Å². The minimum Gasteiger partial charge on any atom is -0.340 e. The highest BCUT2D eigenvalue weighted by Gasteiger charge is 2.31. The Morgan fingerprint density at radius 2 is 1.81 bits per heavy atom. The van der Waals surface area contributed by atoms with E-state index in [1.165, 1.54) is 29.8 Å². The van der Waals surface area contributed by atoms with Crippen LogP contribution >= 0.6 is 11.3 Å². The minimum atomic E-state index is -4.58.